The fourth-order valence-corrected chi connectivity index (χ4v) is 2.26. The first-order chi connectivity index (χ1) is 8.68. The maximum absolute atomic E-state index is 12.1. The maximum atomic E-state index is 12.1. The Hall–Kier alpha value is -1.55. The Bertz CT molecular complexity index is 406. The third kappa shape index (κ3) is 3.01. The molecule has 1 aromatic rings. The monoisotopic (exact) mass is 248 g/mol. The van der Waals surface area contributed by atoms with Crippen LogP contribution in [0.5, 0.6) is 0 Å². The van der Waals surface area contributed by atoms with Crippen molar-refractivity contribution in [1.82, 2.24) is 5.32 Å². The van der Waals surface area contributed by atoms with E-state index >= 15 is 0 Å². The lowest BCUT2D eigenvalue weighted by Gasteiger charge is -2.23. The normalized spacial score (nSPS) is 19.5. The predicted octanol–water partition coefficient (Wildman–Crippen LogP) is 1.88. The predicted molar refractivity (Wildman–Crippen MR) is 71.5 cm³/mol. The zero-order valence-electron chi connectivity index (χ0n) is 10.7. The van der Waals surface area contributed by atoms with Crippen molar-refractivity contribution < 1.29 is 9.53 Å². The summed E-state index contributed by atoms with van der Waals surface area (Å²) in [6, 6.07) is 5.49. The smallest absolute Gasteiger partial charge is 0.253 e. The fourth-order valence-electron chi connectivity index (χ4n) is 2.26. The summed E-state index contributed by atoms with van der Waals surface area (Å²) in [5.74, 6) is -0.111. The van der Waals surface area contributed by atoms with Crippen LogP contribution in [0.1, 0.15) is 35.2 Å². The number of anilines is 1. The summed E-state index contributed by atoms with van der Waals surface area (Å²) < 4.78 is 5.58. The van der Waals surface area contributed by atoms with Crippen molar-refractivity contribution >= 4 is 11.6 Å². The van der Waals surface area contributed by atoms with Crippen LogP contribution in [0.3, 0.4) is 0 Å². The fraction of sp³-hybridized carbons (Fsp3) is 0.500. The third-order valence-electron chi connectivity index (χ3n) is 3.30. The molecule has 4 heteroatoms. The van der Waals surface area contributed by atoms with Gasteiger partial charge in [-0.05, 0) is 37.8 Å². The van der Waals surface area contributed by atoms with E-state index in [4.69, 9.17) is 10.5 Å². The van der Waals surface area contributed by atoms with Gasteiger partial charge in [0.2, 0.25) is 0 Å². The molecule has 1 unspecified atom stereocenters. The summed E-state index contributed by atoms with van der Waals surface area (Å²) >= 11 is 0. The molecule has 3 N–H and O–H groups in total. The molecule has 1 aliphatic rings. The van der Waals surface area contributed by atoms with Crippen LogP contribution in [0.25, 0.3) is 0 Å². The van der Waals surface area contributed by atoms with Crippen LogP contribution < -0.4 is 11.1 Å². The molecular weight excluding hydrogens is 228 g/mol. The molecule has 1 saturated heterocycles. The number of hydrogen-bond donors (Lipinski definition) is 2. The van der Waals surface area contributed by atoms with E-state index in [1.54, 1.807) is 6.07 Å². The average Bonchev–Trinajstić information content (AvgIpc) is 2.37. The molecule has 1 atom stereocenters. The second-order valence-electron chi connectivity index (χ2n) is 4.74. The van der Waals surface area contributed by atoms with Gasteiger partial charge in [0.1, 0.15) is 0 Å². The Morgan fingerprint density at radius 3 is 3.00 bits per heavy atom. The van der Waals surface area contributed by atoms with Crippen molar-refractivity contribution in [3.63, 3.8) is 0 Å². The topological polar surface area (TPSA) is 64.4 Å². The number of nitrogens with one attached hydrogen (secondary N) is 1. The molecular formula is C14H20N2O2. The molecule has 0 aliphatic carbocycles. The summed E-state index contributed by atoms with van der Waals surface area (Å²) in [6.07, 6.45) is 3.46. The highest BCUT2D eigenvalue weighted by atomic mass is 16.5. The molecule has 1 fully saturated rings. The zero-order valence-corrected chi connectivity index (χ0v) is 10.7. The lowest BCUT2D eigenvalue weighted by Crippen LogP contribution is -2.36. The average molecular weight is 248 g/mol. The molecule has 0 saturated carbocycles. The van der Waals surface area contributed by atoms with E-state index in [2.05, 4.69) is 5.32 Å². The Morgan fingerprint density at radius 2 is 2.33 bits per heavy atom. The highest BCUT2D eigenvalue weighted by Gasteiger charge is 2.17. The Kier molecular flexibility index (Phi) is 4.20. The molecule has 2 rings (SSSR count). The van der Waals surface area contributed by atoms with E-state index < -0.39 is 0 Å². The molecule has 0 bridgehead atoms. The maximum Gasteiger partial charge on any atom is 0.253 e. The van der Waals surface area contributed by atoms with Crippen molar-refractivity contribution in [3.05, 3.63) is 29.3 Å². The number of rotatable bonds is 3. The van der Waals surface area contributed by atoms with Gasteiger partial charge in [-0.2, -0.15) is 0 Å². The van der Waals surface area contributed by atoms with Crippen molar-refractivity contribution in [2.75, 3.05) is 18.9 Å². The van der Waals surface area contributed by atoms with E-state index in [1.165, 1.54) is 6.42 Å². The SMILES string of the molecule is Cc1cccc(N)c1C(=O)NCC1CCCCO1. The van der Waals surface area contributed by atoms with E-state index in [0.717, 1.165) is 25.0 Å². The van der Waals surface area contributed by atoms with Crippen molar-refractivity contribution in [2.24, 2.45) is 0 Å². The van der Waals surface area contributed by atoms with Crippen LogP contribution in [0.4, 0.5) is 5.69 Å². The van der Waals surface area contributed by atoms with Gasteiger partial charge in [0.15, 0.2) is 0 Å². The Labute approximate surface area is 108 Å². The molecule has 1 aromatic carbocycles. The number of carbonyl (C=O) groups excluding carboxylic acids is 1. The summed E-state index contributed by atoms with van der Waals surface area (Å²) in [7, 11) is 0. The molecule has 1 amide bonds. The molecule has 1 aliphatic heterocycles. The van der Waals surface area contributed by atoms with Crippen LogP contribution >= 0.6 is 0 Å². The van der Waals surface area contributed by atoms with E-state index in [1.807, 2.05) is 19.1 Å². The quantitative estimate of drug-likeness (QED) is 0.803. The summed E-state index contributed by atoms with van der Waals surface area (Å²) in [5.41, 5.74) is 7.84. The minimum absolute atomic E-state index is 0.111. The van der Waals surface area contributed by atoms with Crippen LogP contribution in [0.2, 0.25) is 0 Å². The number of nitrogen functional groups attached to an aromatic ring is 1. The highest BCUT2D eigenvalue weighted by molar-refractivity contribution is 6.00. The zero-order chi connectivity index (χ0) is 13.0. The first-order valence-electron chi connectivity index (χ1n) is 6.43. The first kappa shape index (κ1) is 12.9. The molecule has 98 valence electrons. The van der Waals surface area contributed by atoms with Crippen molar-refractivity contribution in [3.8, 4) is 0 Å². The molecule has 0 aromatic heterocycles. The van der Waals surface area contributed by atoms with Crippen molar-refractivity contribution in [2.45, 2.75) is 32.3 Å². The van der Waals surface area contributed by atoms with Crippen LogP contribution in [0, 0.1) is 6.92 Å². The number of ether oxygens (including phenoxy) is 1. The van der Waals surface area contributed by atoms with Gasteiger partial charge in [0.05, 0.1) is 11.7 Å². The lowest BCUT2D eigenvalue weighted by molar-refractivity contribution is 0.0169. The van der Waals surface area contributed by atoms with Gasteiger partial charge in [0, 0.05) is 18.8 Å². The first-order valence-corrected chi connectivity index (χ1v) is 6.43. The van der Waals surface area contributed by atoms with Gasteiger partial charge >= 0.3 is 0 Å². The largest absolute Gasteiger partial charge is 0.398 e. The van der Waals surface area contributed by atoms with Gasteiger partial charge in [-0.1, -0.05) is 12.1 Å². The second-order valence-corrected chi connectivity index (χ2v) is 4.74. The summed E-state index contributed by atoms with van der Waals surface area (Å²) in [5, 5.41) is 2.91. The number of hydrogen-bond acceptors (Lipinski definition) is 3. The number of benzene rings is 1. The van der Waals surface area contributed by atoms with Gasteiger partial charge in [-0.15, -0.1) is 0 Å². The van der Waals surface area contributed by atoms with Gasteiger partial charge in [0.25, 0.3) is 5.91 Å². The minimum Gasteiger partial charge on any atom is -0.398 e. The Morgan fingerprint density at radius 1 is 1.50 bits per heavy atom. The van der Waals surface area contributed by atoms with E-state index in [0.29, 0.717) is 17.8 Å². The molecule has 4 nitrogen and oxygen atoms in total. The standard InChI is InChI=1S/C14H20N2O2/c1-10-5-4-7-12(15)13(10)14(17)16-9-11-6-2-3-8-18-11/h4-5,7,11H,2-3,6,8-9,15H2,1H3,(H,16,17). The van der Waals surface area contributed by atoms with Gasteiger partial charge in [-0.3, -0.25) is 4.79 Å². The highest BCUT2D eigenvalue weighted by Crippen LogP contribution is 2.16. The number of carbonyl (C=O) groups is 1. The van der Waals surface area contributed by atoms with Gasteiger partial charge < -0.3 is 15.8 Å². The van der Waals surface area contributed by atoms with E-state index in [9.17, 15) is 4.79 Å². The number of nitrogens with two attached hydrogens (primary N) is 1. The van der Waals surface area contributed by atoms with Crippen LogP contribution in [0.15, 0.2) is 18.2 Å². The summed E-state index contributed by atoms with van der Waals surface area (Å²) in [6.45, 7) is 3.25. The number of aryl methyl sites for hydroxylation is 1. The van der Waals surface area contributed by atoms with E-state index in [-0.39, 0.29) is 12.0 Å². The second kappa shape index (κ2) is 5.87. The van der Waals surface area contributed by atoms with Crippen molar-refractivity contribution in [1.29, 1.82) is 0 Å². The number of amides is 1. The third-order valence-corrected chi connectivity index (χ3v) is 3.30. The molecule has 18 heavy (non-hydrogen) atoms. The van der Waals surface area contributed by atoms with Gasteiger partial charge in [-0.25, -0.2) is 0 Å². The Balaban J connectivity index is 1.95. The lowest BCUT2D eigenvalue weighted by atomic mass is 10.1. The molecule has 1 heterocycles. The van der Waals surface area contributed by atoms with Crippen LogP contribution in [-0.2, 0) is 4.74 Å². The summed E-state index contributed by atoms with van der Waals surface area (Å²) in [4.78, 5) is 12.1. The van der Waals surface area contributed by atoms with Crippen LogP contribution in [-0.4, -0.2) is 25.2 Å². The molecule has 0 spiro atoms. The molecule has 0 radical (unpaired) electrons. The minimum atomic E-state index is -0.111.